The monoisotopic (exact) mass is 263 g/mol. The van der Waals surface area contributed by atoms with E-state index < -0.39 is 0 Å². The van der Waals surface area contributed by atoms with Crippen molar-refractivity contribution in [3.63, 3.8) is 0 Å². The minimum Gasteiger partial charge on any atom is -0.388 e. The molecular formula is C18H33N. The third kappa shape index (κ3) is 8.13. The number of nitrogens with one attached hydrogen (secondary N) is 1. The van der Waals surface area contributed by atoms with Gasteiger partial charge in [0, 0.05) is 6.04 Å². The SMILES string of the molecule is CCCCC(/C=C/C(C)(C)C)=C\NC1CCCCC1. The first-order valence-corrected chi connectivity index (χ1v) is 8.15. The van der Waals surface area contributed by atoms with Crippen LogP contribution in [0.2, 0.25) is 0 Å². The number of rotatable bonds is 6. The number of unbranched alkanes of at least 4 members (excludes halogenated alkanes) is 1. The number of allylic oxidation sites excluding steroid dienone is 3. The molecule has 0 bridgehead atoms. The molecule has 0 atom stereocenters. The summed E-state index contributed by atoms with van der Waals surface area (Å²) in [5, 5.41) is 3.65. The molecule has 1 fully saturated rings. The summed E-state index contributed by atoms with van der Waals surface area (Å²) in [6, 6.07) is 0.716. The predicted molar refractivity (Wildman–Crippen MR) is 86.2 cm³/mol. The van der Waals surface area contributed by atoms with Gasteiger partial charge in [-0.25, -0.2) is 0 Å². The van der Waals surface area contributed by atoms with Crippen molar-refractivity contribution < 1.29 is 0 Å². The highest BCUT2D eigenvalue weighted by atomic mass is 14.9. The van der Waals surface area contributed by atoms with Gasteiger partial charge in [0.25, 0.3) is 0 Å². The molecule has 1 rings (SSSR count). The van der Waals surface area contributed by atoms with E-state index in [1.807, 2.05) is 0 Å². The molecule has 19 heavy (non-hydrogen) atoms. The normalized spacial score (nSPS) is 19.1. The standard InChI is InChI=1S/C18H33N/c1-5-6-10-16(13-14-18(2,3)4)15-19-17-11-8-7-9-12-17/h13-15,17,19H,5-12H2,1-4H3/b14-13+,16-15+. The van der Waals surface area contributed by atoms with Crippen LogP contribution in [0.1, 0.15) is 79.1 Å². The number of hydrogen-bond acceptors (Lipinski definition) is 1. The van der Waals surface area contributed by atoms with Crippen LogP contribution in [0.3, 0.4) is 0 Å². The summed E-state index contributed by atoms with van der Waals surface area (Å²) in [4.78, 5) is 0. The van der Waals surface area contributed by atoms with Gasteiger partial charge in [0.1, 0.15) is 0 Å². The maximum atomic E-state index is 3.65. The average molecular weight is 263 g/mol. The maximum Gasteiger partial charge on any atom is 0.0255 e. The van der Waals surface area contributed by atoms with Crippen molar-refractivity contribution in [1.82, 2.24) is 5.32 Å². The highest BCUT2D eigenvalue weighted by Gasteiger charge is 2.11. The van der Waals surface area contributed by atoms with Crippen molar-refractivity contribution in [2.75, 3.05) is 0 Å². The Hall–Kier alpha value is -0.720. The van der Waals surface area contributed by atoms with Crippen molar-refractivity contribution in [2.24, 2.45) is 5.41 Å². The summed E-state index contributed by atoms with van der Waals surface area (Å²) < 4.78 is 0. The molecule has 1 saturated carbocycles. The fourth-order valence-corrected chi connectivity index (χ4v) is 2.44. The zero-order valence-electron chi connectivity index (χ0n) is 13.5. The highest BCUT2D eigenvalue weighted by Crippen LogP contribution is 2.20. The van der Waals surface area contributed by atoms with E-state index in [2.05, 4.69) is 51.4 Å². The topological polar surface area (TPSA) is 12.0 Å². The summed E-state index contributed by atoms with van der Waals surface area (Å²) in [7, 11) is 0. The van der Waals surface area contributed by atoms with E-state index in [1.54, 1.807) is 0 Å². The Morgan fingerprint density at radius 1 is 1.16 bits per heavy atom. The Morgan fingerprint density at radius 3 is 2.42 bits per heavy atom. The molecule has 1 nitrogen and oxygen atoms in total. The van der Waals surface area contributed by atoms with Crippen LogP contribution in [0.25, 0.3) is 0 Å². The smallest absolute Gasteiger partial charge is 0.0255 e. The molecule has 0 radical (unpaired) electrons. The quantitative estimate of drug-likeness (QED) is 0.616. The molecule has 1 aliphatic carbocycles. The second-order valence-electron chi connectivity index (χ2n) is 7.02. The van der Waals surface area contributed by atoms with Gasteiger partial charge in [-0.05, 0) is 42.9 Å². The zero-order chi connectivity index (χ0) is 14.1. The molecule has 1 aliphatic rings. The number of hydrogen-bond donors (Lipinski definition) is 1. The van der Waals surface area contributed by atoms with E-state index in [-0.39, 0.29) is 5.41 Å². The van der Waals surface area contributed by atoms with Gasteiger partial charge in [0.05, 0.1) is 0 Å². The van der Waals surface area contributed by atoms with Gasteiger partial charge in [-0.1, -0.05) is 65.5 Å². The van der Waals surface area contributed by atoms with E-state index >= 15 is 0 Å². The van der Waals surface area contributed by atoms with E-state index in [9.17, 15) is 0 Å². The third-order valence-corrected chi connectivity index (χ3v) is 3.73. The minimum atomic E-state index is 0.274. The summed E-state index contributed by atoms with van der Waals surface area (Å²) in [5.41, 5.74) is 1.73. The van der Waals surface area contributed by atoms with E-state index in [4.69, 9.17) is 0 Å². The molecule has 0 spiro atoms. The molecule has 110 valence electrons. The fourth-order valence-electron chi connectivity index (χ4n) is 2.44. The van der Waals surface area contributed by atoms with Gasteiger partial charge in [0.2, 0.25) is 0 Å². The van der Waals surface area contributed by atoms with Crippen molar-refractivity contribution in [2.45, 2.75) is 85.1 Å². The molecule has 0 saturated heterocycles. The van der Waals surface area contributed by atoms with Crippen LogP contribution in [-0.2, 0) is 0 Å². The predicted octanol–water partition coefficient (Wildman–Crippen LogP) is 5.59. The molecule has 1 N–H and O–H groups in total. The van der Waals surface area contributed by atoms with Crippen LogP contribution >= 0.6 is 0 Å². The summed E-state index contributed by atoms with van der Waals surface area (Å²) in [6.45, 7) is 9.04. The Labute approximate surface area is 120 Å². The van der Waals surface area contributed by atoms with Crippen molar-refractivity contribution >= 4 is 0 Å². The zero-order valence-corrected chi connectivity index (χ0v) is 13.5. The molecule has 0 amide bonds. The minimum absolute atomic E-state index is 0.274. The van der Waals surface area contributed by atoms with Crippen molar-refractivity contribution in [1.29, 1.82) is 0 Å². The lowest BCUT2D eigenvalue weighted by atomic mass is 9.94. The second kappa shape index (κ2) is 8.45. The molecular weight excluding hydrogens is 230 g/mol. The first-order valence-electron chi connectivity index (χ1n) is 8.15. The van der Waals surface area contributed by atoms with Gasteiger partial charge in [-0.2, -0.15) is 0 Å². The molecule has 0 heterocycles. The summed E-state index contributed by atoms with van der Waals surface area (Å²) in [5.74, 6) is 0. The maximum absolute atomic E-state index is 3.65. The Balaban J connectivity index is 2.53. The average Bonchev–Trinajstić information content (AvgIpc) is 2.38. The van der Waals surface area contributed by atoms with Crippen LogP contribution in [0.4, 0.5) is 0 Å². The molecule has 0 unspecified atom stereocenters. The molecule has 0 aromatic carbocycles. The summed E-state index contributed by atoms with van der Waals surface area (Å²) >= 11 is 0. The van der Waals surface area contributed by atoms with E-state index in [0.29, 0.717) is 6.04 Å². The van der Waals surface area contributed by atoms with Crippen molar-refractivity contribution in [3.8, 4) is 0 Å². The molecule has 0 aromatic heterocycles. The van der Waals surface area contributed by atoms with Gasteiger partial charge < -0.3 is 5.32 Å². The van der Waals surface area contributed by atoms with Crippen LogP contribution in [-0.4, -0.2) is 6.04 Å². The first kappa shape index (κ1) is 16.3. The Bertz CT molecular complexity index is 287. The van der Waals surface area contributed by atoms with E-state index in [0.717, 1.165) is 0 Å². The largest absolute Gasteiger partial charge is 0.388 e. The molecule has 1 heteroatoms. The van der Waals surface area contributed by atoms with E-state index in [1.165, 1.54) is 56.9 Å². The van der Waals surface area contributed by atoms with Gasteiger partial charge in [-0.3, -0.25) is 0 Å². The summed E-state index contributed by atoms with van der Waals surface area (Å²) in [6.07, 6.45) is 17.6. The Kier molecular flexibility index (Phi) is 7.27. The molecule has 0 aromatic rings. The highest BCUT2D eigenvalue weighted by molar-refractivity contribution is 5.19. The van der Waals surface area contributed by atoms with Crippen molar-refractivity contribution in [3.05, 3.63) is 23.9 Å². The van der Waals surface area contributed by atoms with Crippen LogP contribution in [0.15, 0.2) is 23.9 Å². The lowest BCUT2D eigenvalue weighted by Crippen LogP contribution is -2.26. The van der Waals surface area contributed by atoms with Gasteiger partial charge in [0.15, 0.2) is 0 Å². The third-order valence-electron chi connectivity index (χ3n) is 3.73. The van der Waals surface area contributed by atoms with Crippen LogP contribution in [0, 0.1) is 5.41 Å². The first-order chi connectivity index (χ1) is 9.01. The van der Waals surface area contributed by atoms with Gasteiger partial charge in [-0.15, -0.1) is 0 Å². The second-order valence-corrected chi connectivity index (χ2v) is 7.02. The fraction of sp³-hybridized carbons (Fsp3) is 0.778. The molecule has 0 aliphatic heterocycles. The Morgan fingerprint density at radius 2 is 1.84 bits per heavy atom. The lowest BCUT2D eigenvalue weighted by Gasteiger charge is -2.22. The van der Waals surface area contributed by atoms with Crippen LogP contribution < -0.4 is 5.32 Å². The van der Waals surface area contributed by atoms with Gasteiger partial charge >= 0.3 is 0 Å². The lowest BCUT2D eigenvalue weighted by molar-refractivity contribution is 0.403. The van der Waals surface area contributed by atoms with Crippen LogP contribution in [0.5, 0.6) is 0 Å².